The SMILES string of the molecule is O=C1CCC2(CC1)Cc1cccc(C(F)(F)F)c1C2=O. The molecule has 106 valence electrons. The Morgan fingerprint density at radius 1 is 1.05 bits per heavy atom. The highest BCUT2D eigenvalue weighted by Crippen LogP contribution is 2.49. The van der Waals surface area contributed by atoms with Crippen LogP contribution >= 0.6 is 0 Å². The molecule has 0 amide bonds. The molecule has 1 saturated carbocycles. The standard InChI is InChI=1S/C15H13F3O2/c16-15(17,18)11-3-1-2-9-8-14(13(20)12(9)11)6-4-10(19)5-7-14/h1-3H,4-8H2. The molecule has 0 heterocycles. The van der Waals surface area contributed by atoms with Gasteiger partial charge < -0.3 is 0 Å². The number of carbonyl (C=O) groups is 2. The fraction of sp³-hybridized carbons (Fsp3) is 0.467. The van der Waals surface area contributed by atoms with Crippen molar-refractivity contribution in [3.8, 4) is 0 Å². The van der Waals surface area contributed by atoms with Gasteiger partial charge in [0.15, 0.2) is 5.78 Å². The molecule has 1 aromatic rings. The van der Waals surface area contributed by atoms with Crippen LogP contribution in [0.2, 0.25) is 0 Å². The lowest BCUT2D eigenvalue weighted by molar-refractivity contribution is -0.138. The third kappa shape index (κ3) is 1.87. The number of carbonyl (C=O) groups excluding carboxylic acids is 2. The molecule has 0 aliphatic heterocycles. The molecule has 1 fully saturated rings. The first-order valence-electron chi connectivity index (χ1n) is 6.59. The fourth-order valence-electron chi connectivity index (χ4n) is 3.37. The first kappa shape index (κ1) is 13.3. The Bertz CT molecular complexity index is 592. The van der Waals surface area contributed by atoms with Gasteiger partial charge in [0.1, 0.15) is 5.78 Å². The molecule has 1 aromatic carbocycles. The van der Waals surface area contributed by atoms with E-state index in [1.807, 2.05) is 0 Å². The van der Waals surface area contributed by atoms with Gasteiger partial charge in [-0.2, -0.15) is 13.2 Å². The number of fused-ring (bicyclic) bond motifs is 1. The summed E-state index contributed by atoms with van der Waals surface area (Å²) in [6.07, 6.45) is -2.86. The summed E-state index contributed by atoms with van der Waals surface area (Å²) in [6.45, 7) is 0. The minimum atomic E-state index is -4.52. The van der Waals surface area contributed by atoms with Gasteiger partial charge in [-0.05, 0) is 30.9 Å². The van der Waals surface area contributed by atoms with Crippen LogP contribution in [0.3, 0.4) is 0 Å². The zero-order chi connectivity index (χ0) is 14.5. The lowest BCUT2D eigenvalue weighted by Gasteiger charge is -2.30. The van der Waals surface area contributed by atoms with E-state index in [1.54, 1.807) is 6.07 Å². The Morgan fingerprint density at radius 3 is 2.30 bits per heavy atom. The van der Waals surface area contributed by atoms with Crippen molar-refractivity contribution in [2.75, 3.05) is 0 Å². The van der Waals surface area contributed by atoms with Gasteiger partial charge >= 0.3 is 6.18 Å². The summed E-state index contributed by atoms with van der Waals surface area (Å²) in [7, 11) is 0. The lowest BCUT2D eigenvalue weighted by Crippen LogP contribution is -2.33. The molecule has 0 atom stereocenters. The third-order valence-electron chi connectivity index (χ3n) is 4.46. The van der Waals surface area contributed by atoms with E-state index in [2.05, 4.69) is 0 Å². The second-order valence-corrected chi connectivity index (χ2v) is 5.66. The van der Waals surface area contributed by atoms with Crippen LogP contribution in [-0.2, 0) is 17.4 Å². The minimum absolute atomic E-state index is 0.0930. The Morgan fingerprint density at radius 2 is 1.70 bits per heavy atom. The summed E-state index contributed by atoms with van der Waals surface area (Å²) in [6, 6.07) is 3.90. The van der Waals surface area contributed by atoms with E-state index in [4.69, 9.17) is 0 Å². The molecule has 0 saturated heterocycles. The van der Waals surface area contributed by atoms with Gasteiger partial charge in [-0.15, -0.1) is 0 Å². The summed E-state index contributed by atoms with van der Waals surface area (Å²) in [5.41, 5.74) is -1.32. The van der Waals surface area contributed by atoms with E-state index in [0.29, 0.717) is 37.7 Å². The van der Waals surface area contributed by atoms with Gasteiger partial charge in [0.25, 0.3) is 0 Å². The number of rotatable bonds is 0. The van der Waals surface area contributed by atoms with Gasteiger partial charge in [0.2, 0.25) is 0 Å². The normalized spacial score (nSPS) is 21.4. The largest absolute Gasteiger partial charge is 0.417 e. The second kappa shape index (κ2) is 4.17. The van der Waals surface area contributed by atoms with Crippen molar-refractivity contribution in [3.63, 3.8) is 0 Å². The van der Waals surface area contributed by atoms with Crippen molar-refractivity contribution < 1.29 is 22.8 Å². The first-order chi connectivity index (χ1) is 9.33. The van der Waals surface area contributed by atoms with Crippen molar-refractivity contribution in [3.05, 3.63) is 34.9 Å². The third-order valence-corrected chi connectivity index (χ3v) is 4.46. The van der Waals surface area contributed by atoms with Gasteiger partial charge in [-0.3, -0.25) is 9.59 Å². The Balaban J connectivity index is 2.05. The van der Waals surface area contributed by atoms with Crippen molar-refractivity contribution in [2.45, 2.75) is 38.3 Å². The average Bonchev–Trinajstić information content (AvgIpc) is 2.66. The Labute approximate surface area is 114 Å². The van der Waals surface area contributed by atoms with Crippen LogP contribution in [0.4, 0.5) is 13.2 Å². The molecule has 0 aromatic heterocycles. The predicted molar refractivity (Wildman–Crippen MR) is 65.4 cm³/mol. The minimum Gasteiger partial charge on any atom is -0.300 e. The maximum absolute atomic E-state index is 13.0. The summed E-state index contributed by atoms with van der Waals surface area (Å²) in [5.74, 6) is -0.330. The number of benzene rings is 1. The summed E-state index contributed by atoms with van der Waals surface area (Å²) in [4.78, 5) is 23.9. The monoisotopic (exact) mass is 282 g/mol. The Kier molecular flexibility index (Phi) is 2.78. The topological polar surface area (TPSA) is 34.1 Å². The molecule has 20 heavy (non-hydrogen) atoms. The molecular weight excluding hydrogens is 269 g/mol. The van der Waals surface area contributed by atoms with E-state index in [-0.39, 0.29) is 11.3 Å². The van der Waals surface area contributed by atoms with Gasteiger partial charge in [0.05, 0.1) is 5.56 Å². The molecule has 2 aliphatic carbocycles. The highest BCUT2D eigenvalue weighted by molar-refractivity contribution is 6.07. The molecular formula is C15H13F3O2. The molecule has 5 heteroatoms. The first-order valence-corrected chi connectivity index (χ1v) is 6.59. The lowest BCUT2D eigenvalue weighted by atomic mass is 9.71. The van der Waals surface area contributed by atoms with E-state index < -0.39 is 22.9 Å². The highest BCUT2D eigenvalue weighted by atomic mass is 19.4. The number of hydrogen-bond acceptors (Lipinski definition) is 2. The number of ketones is 2. The Hall–Kier alpha value is -1.65. The highest BCUT2D eigenvalue weighted by Gasteiger charge is 2.50. The maximum atomic E-state index is 13.0. The number of Topliss-reactive ketones (excluding diaryl/α,β-unsaturated/α-hetero) is 2. The van der Waals surface area contributed by atoms with Crippen LogP contribution in [0, 0.1) is 5.41 Å². The van der Waals surface area contributed by atoms with E-state index in [9.17, 15) is 22.8 Å². The number of hydrogen-bond donors (Lipinski definition) is 0. The average molecular weight is 282 g/mol. The number of halogens is 3. The van der Waals surface area contributed by atoms with E-state index >= 15 is 0 Å². The zero-order valence-electron chi connectivity index (χ0n) is 10.7. The quantitative estimate of drug-likeness (QED) is 0.729. The molecule has 0 N–H and O–H groups in total. The fourth-order valence-corrected chi connectivity index (χ4v) is 3.37. The molecule has 0 unspecified atom stereocenters. The van der Waals surface area contributed by atoms with Crippen LogP contribution < -0.4 is 0 Å². The molecule has 1 spiro atoms. The molecule has 2 aliphatic rings. The van der Waals surface area contributed by atoms with Crippen molar-refractivity contribution in [1.29, 1.82) is 0 Å². The predicted octanol–water partition coefficient (Wildman–Crippen LogP) is 3.57. The van der Waals surface area contributed by atoms with Gasteiger partial charge in [0, 0.05) is 23.8 Å². The van der Waals surface area contributed by atoms with Crippen LogP contribution in [0.15, 0.2) is 18.2 Å². The van der Waals surface area contributed by atoms with Crippen LogP contribution in [0.25, 0.3) is 0 Å². The van der Waals surface area contributed by atoms with Crippen molar-refractivity contribution >= 4 is 11.6 Å². The van der Waals surface area contributed by atoms with Crippen molar-refractivity contribution in [1.82, 2.24) is 0 Å². The van der Waals surface area contributed by atoms with Crippen molar-refractivity contribution in [2.24, 2.45) is 5.41 Å². The van der Waals surface area contributed by atoms with Crippen LogP contribution in [0.5, 0.6) is 0 Å². The zero-order valence-corrected chi connectivity index (χ0v) is 10.7. The second-order valence-electron chi connectivity index (χ2n) is 5.66. The van der Waals surface area contributed by atoms with E-state index in [0.717, 1.165) is 6.07 Å². The molecule has 3 rings (SSSR count). The van der Waals surface area contributed by atoms with Crippen LogP contribution in [-0.4, -0.2) is 11.6 Å². The van der Waals surface area contributed by atoms with Gasteiger partial charge in [-0.25, -0.2) is 0 Å². The summed E-state index contributed by atoms with van der Waals surface area (Å²) < 4.78 is 39.1. The van der Waals surface area contributed by atoms with E-state index in [1.165, 1.54) is 6.07 Å². The maximum Gasteiger partial charge on any atom is 0.417 e. The summed E-state index contributed by atoms with van der Waals surface area (Å²) >= 11 is 0. The molecule has 2 nitrogen and oxygen atoms in total. The molecule has 0 radical (unpaired) electrons. The summed E-state index contributed by atoms with van der Waals surface area (Å²) in [5, 5.41) is 0. The molecule has 0 bridgehead atoms. The van der Waals surface area contributed by atoms with Crippen LogP contribution in [0.1, 0.15) is 47.2 Å². The number of alkyl halides is 3. The smallest absolute Gasteiger partial charge is 0.300 e. The van der Waals surface area contributed by atoms with Gasteiger partial charge in [-0.1, -0.05) is 12.1 Å².